The topological polar surface area (TPSA) is 102 Å². The summed E-state index contributed by atoms with van der Waals surface area (Å²) >= 11 is 0. The second-order valence-electron chi connectivity index (χ2n) is 8.28. The summed E-state index contributed by atoms with van der Waals surface area (Å²) in [5.74, 6) is -3.33. The lowest BCUT2D eigenvalue weighted by atomic mass is 10.0. The lowest BCUT2D eigenvalue weighted by molar-refractivity contribution is -0.119. The minimum atomic E-state index is -1.11. The summed E-state index contributed by atoms with van der Waals surface area (Å²) in [6.45, 7) is 0.936. The summed E-state index contributed by atoms with van der Waals surface area (Å²) in [6.07, 6.45) is 2.65. The van der Waals surface area contributed by atoms with Gasteiger partial charge in [-0.25, -0.2) is 13.5 Å². The first kappa shape index (κ1) is 21.7. The highest BCUT2D eigenvalue weighted by Gasteiger charge is 2.35. The number of anilines is 2. The Hall–Kier alpha value is -4.08. The molecule has 0 radical (unpaired) electrons. The predicted molar refractivity (Wildman–Crippen MR) is 120 cm³/mol. The van der Waals surface area contributed by atoms with Crippen LogP contribution in [0.5, 0.6) is 0 Å². The van der Waals surface area contributed by atoms with Gasteiger partial charge in [0, 0.05) is 42.5 Å². The van der Waals surface area contributed by atoms with Gasteiger partial charge in [-0.3, -0.25) is 14.4 Å². The third-order valence-electron chi connectivity index (χ3n) is 6.19. The molecule has 2 N–H and O–H groups in total. The highest BCUT2D eigenvalue weighted by molar-refractivity contribution is 6.09. The first-order chi connectivity index (χ1) is 16.3. The van der Waals surface area contributed by atoms with Crippen molar-refractivity contribution in [1.82, 2.24) is 9.78 Å². The van der Waals surface area contributed by atoms with E-state index < -0.39 is 23.4 Å². The molecule has 0 unspecified atom stereocenters. The number of halogens is 2. The van der Waals surface area contributed by atoms with E-state index in [1.165, 1.54) is 11.0 Å². The van der Waals surface area contributed by atoms with E-state index in [-0.39, 0.29) is 29.5 Å². The minimum absolute atomic E-state index is 0.0707. The molecule has 2 aliphatic rings. The number of fused-ring (bicyclic) bond motifs is 1. The normalized spacial score (nSPS) is 16.1. The summed E-state index contributed by atoms with van der Waals surface area (Å²) in [5.41, 5.74) is 7.29. The molecule has 2 aliphatic heterocycles. The third kappa shape index (κ3) is 3.60. The van der Waals surface area contributed by atoms with Gasteiger partial charge in [0.2, 0.25) is 5.91 Å². The van der Waals surface area contributed by atoms with E-state index in [1.54, 1.807) is 29.2 Å². The summed E-state index contributed by atoms with van der Waals surface area (Å²) in [7, 11) is 0. The van der Waals surface area contributed by atoms with Gasteiger partial charge in [0.15, 0.2) is 17.3 Å². The Morgan fingerprint density at radius 1 is 0.853 bits per heavy atom. The van der Waals surface area contributed by atoms with E-state index in [9.17, 15) is 23.2 Å². The maximum atomic E-state index is 13.9. The molecule has 0 atom stereocenters. The van der Waals surface area contributed by atoms with Gasteiger partial charge >= 0.3 is 0 Å². The number of nitrogens with two attached hydrogens (primary N) is 1. The molecule has 3 amide bonds. The zero-order valence-electron chi connectivity index (χ0n) is 18.1. The molecule has 10 heteroatoms. The number of primary amides is 1. The number of carbonyl (C=O) groups is 3. The van der Waals surface area contributed by atoms with Crippen molar-refractivity contribution in [3.8, 4) is 5.69 Å². The number of rotatable bonds is 4. The quantitative estimate of drug-likeness (QED) is 0.640. The van der Waals surface area contributed by atoms with Crippen molar-refractivity contribution in [2.45, 2.75) is 25.7 Å². The molecular formula is C24H21F2N5O3. The molecule has 3 heterocycles. The number of carbonyl (C=O) groups excluding carboxylic acids is 3. The molecule has 174 valence electrons. The molecule has 1 fully saturated rings. The first-order valence-electron chi connectivity index (χ1n) is 10.9. The van der Waals surface area contributed by atoms with E-state index in [1.807, 2.05) is 0 Å². The number of piperidine rings is 1. The standard InChI is InChI=1S/C24H21F2N5O3/c25-18-9-8-16(13-19(18)26)31-22-17(21(28-31)23(27)33)10-12-30(24(22)34)15-6-4-14(5-7-15)29-11-2-1-3-20(29)32/h4-9,13H,1-3,10-12H2,(H2,27,33). The average molecular weight is 465 g/mol. The van der Waals surface area contributed by atoms with Crippen LogP contribution < -0.4 is 15.5 Å². The zero-order valence-corrected chi connectivity index (χ0v) is 18.1. The summed E-state index contributed by atoms with van der Waals surface area (Å²) in [4.78, 5) is 41.0. The fraction of sp³-hybridized carbons (Fsp3) is 0.250. The molecule has 1 saturated heterocycles. The predicted octanol–water partition coefficient (Wildman–Crippen LogP) is 2.97. The van der Waals surface area contributed by atoms with Crippen molar-refractivity contribution in [2.24, 2.45) is 5.73 Å². The summed E-state index contributed by atoms with van der Waals surface area (Å²) in [6, 6.07) is 10.2. The Morgan fingerprint density at radius 2 is 1.53 bits per heavy atom. The van der Waals surface area contributed by atoms with Crippen molar-refractivity contribution in [1.29, 1.82) is 0 Å². The average Bonchev–Trinajstić information content (AvgIpc) is 3.23. The monoisotopic (exact) mass is 465 g/mol. The van der Waals surface area contributed by atoms with Crippen LogP contribution in [0.3, 0.4) is 0 Å². The van der Waals surface area contributed by atoms with Gasteiger partial charge in [-0.2, -0.15) is 5.10 Å². The maximum absolute atomic E-state index is 13.9. The van der Waals surface area contributed by atoms with Crippen LogP contribution in [-0.2, 0) is 11.2 Å². The number of hydrogen-bond acceptors (Lipinski definition) is 4. The van der Waals surface area contributed by atoms with Crippen LogP contribution >= 0.6 is 0 Å². The largest absolute Gasteiger partial charge is 0.364 e. The molecule has 5 rings (SSSR count). The molecule has 8 nitrogen and oxygen atoms in total. The molecule has 2 aromatic carbocycles. The van der Waals surface area contributed by atoms with Crippen LogP contribution in [0, 0.1) is 11.6 Å². The zero-order chi connectivity index (χ0) is 24.0. The SMILES string of the molecule is NC(=O)c1nn(-c2ccc(F)c(F)c2)c2c1CCN(c1ccc(N3CCCCC3=O)cc1)C2=O. The first-order valence-corrected chi connectivity index (χ1v) is 10.9. The molecule has 0 saturated carbocycles. The van der Waals surface area contributed by atoms with Crippen molar-refractivity contribution >= 4 is 29.1 Å². The van der Waals surface area contributed by atoms with Gasteiger partial charge < -0.3 is 15.5 Å². The van der Waals surface area contributed by atoms with Gasteiger partial charge in [-0.15, -0.1) is 0 Å². The maximum Gasteiger partial charge on any atom is 0.277 e. The van der Waals surface area contributed by atoms with Crippen molar-refractivity contribution in [3.63, 3.8) is 0 Å². The van der Waals surface area contributed by atoms with E-state index in [2.05, 4.69) is 5.10 Å². The minimum Gasteiger partial charge on any atom is -0.364 e. The van der Waals surface area contributed by atoms with E-state index in [0.717, 1.165) is 35.3 Å². The van der Waals surface area contributed by atoms with Gasteiger partial charge in [0.05, 0.1) is 5.69 Å². The van der Waals surface area contributed by atoms with Crippen LogP contribution in [0.25, 0.3) is 5.69 Å². The number of benzene rings is 2. The lowest BCUT2D eigenvalue weighted by Crippen LogP contribution is -2.39. The Labute approximate surface area is 193 Å². The van der Waals surface area contributed by atoms with E-state index in [4.69, 9.17) is 5.73 Å². The lowest BCUT2D eigenvalue weighted by Gasteiger charge is -2.29. The van der Waals surface area contributed by atoms with Gasteiger partial charge in [-0.05, 0) is 55.7 Å². The van der Waals surface area contributed by atoms with Crippen LogP contribution in [0.15, 0.2) is 42.5 Å². The summed E-state index contributed by atoms with van der Waals surface area (Å²) in [5, 5.41) is 4.16. The molecule has 3 aromatic rings. The third-order valence-corrected chi connectivity index (χ3v) is 6.19. The second-order valence-corrected chi connectivity index (χ2v) is 8.28. The smallest absolute Gasteiger partial charge is 0.277 e. The number of amides is 3. The van der Waals surface area contributed by atoms with Crippen molar-refractivity contribution in [3.05, 3.63) is 71.1 Å². The number of aromatic nitrogens is 2. The number of nitrogens with zero attached hydrogens (tertiary/aromatic N) is 4. The Morgan fingerprint density at radius 3 is 2.18 bits per heavy atom. The van der Waals surface area contributed by atoms with Gasteiger partial charge in [-0.1, -0.05) is 0 Å². The second kappa shape index (κ2) is 8.36. The Bertz CT molecular complexity index is 1320. The summed E-state index contributed by atoms with van der Waals surface area (Å²) < 4.78 is 28.5. The molecule has 0 bridgehead atoms. The van der Waals surface area contributed by atoms with Gasteiger partial charge in [0.1, 0.15) is 5.69 Å². The molecule has 0 spiro atoms. The molecule has 0 aliphatic carbocycles. The van der Waals surface area contributed by atoms with Crippen LogP contribution in [0.4, 0.5) is 20.2 Å². The molecule has 34 heavy (non-hydrogen) atoms. The van der Waals surface area contributed by atoms with E-state index in [0.29, 0.717) is 30.6 Å². The highest BCUT2D eigenvalue weighted by Crippen LogP contribution is 2.31. The fourth-order valence-electron chi connectivity index (χ4n) is 4.50. The molecule has 1 aromatic heterocycles. The van der Waals surface area contributed by atoms with Gasteiger partial charge in [0.25, 0.3) is 11.8 Å². The Balaban J connectivity index is 1.51. The fourth-order valence-corrected chi connectivity index (χ4v) is 4.50. The van der Waals surface area contributed by atoms with Crippen LogP contribution in [-0.4, -0.2) is 40.6 Å². The Kier molecular flexibility index (Phi) is 5.35. The van der Waals surface area contributed by atoms with Crippen LogP contribution in [0.1, 0.15) is 45.8 Å². The highest BCUT2D eigenvalue weighted by atomic mass is 19.2. The van der Waals surface area contributed by atoms with Crippen molar-refractivity contribution < 1.29 is 23.2 Å². The molecular weight excluding hydrogens is 444 g/mol. The van der Waals surface area contributed by atoms with Crippen molar-refractivity contribution in [2.75, 3.05) is 22.9 Å². The van der Waals surface area contributed by atoms with E-state index >= 15 is 0 Å². The number of hydrogen-bond donors (Lipinski definition) is 1. The van der Waals surface area contributed by atoms with Crippen LogP contribution in [0.2, 0.25) is 0 Å².